The molecule has 1 atom stereocenters. The van der Waals surface area contributed by atoms with Crippen LogP contribution in [0.3, 0.4) is 0 Å². The summed E-state index contributed by atoms with van der Waals surface area (Å²) in [7, 11) is 0. The summed E-state index contributed by atoms with van der Waals surface area (Å²) in [4.78, 5) is 18.6. The average Bonchev–Trinajstić information content (AvgIpc) is 3.42. The van der Waals surface area contributed by atoms with Gasteiger partial charge in [0.15, 0.2) is 0 Å². The Labute approximate surface area is 251 Å². The number of anilines is 1. The normalized spacial score (nSPS) is 17.0. The van der Waals surface area contributed by atoms with Crippen LogP contribution in [-0.2, 0) is 21.9 Å². The molecule has 0 saturated heterocycles. The Balaban J connectivity index is 1.30. The first-order valence-corrected chi connectivity index (χ1v) is 15.6. The van der Waals surface area contributed by atoms with E-state index in [0.717, 1.165) is 54.0 Å². The molecule has 1 aliphatic carbocycles. The van der Waals surface area contributed by atoms with Gasteiger partial charge in [-0.1, -0.05) is 90.5 Å². The number of hydrogen-bond acceptors (Lipinski definition) is 7. The Bertz CT molecular complexity index is 1560. The van der Waals surface area contributed by atoms with Gasteiger partial charge >= 0.3 is 5.97 Å². The van der Waals surface area contributed by atoms with Crippen LogP contribution in [0, 0.1) is 6.92 Å². The van der Waals surface area contributed by atoms with Crippen molar-refractivity contribution in [1.29, 1.82) is 0 Å². The second-order valence-corrected chi connectivity index (χ2v) is 12.0. The van der Waals surface area contributed by atoms with Crippen LogP contribution in [0.25, 0.3) is 0 Å². The molecule has 216 valence electrons. The maximum atomic E-state index is 13.8. The van der Waals surface area contributed by atoms with Crippen LogP contribution in [0.2, 0.25) is 0 Å². The molecule has 1 aliphatic heterocycles. The van der Waals surface area contributed by atoms with Gasteiger partial charge in [-0.15, -0.1) is 5.10 Å². The van der Waals surface area contributed by atoms with E-state index in [4.69, 9.17) is 19.6 Å². The lowest BCUT2D eigenvalue weighted by Crippen LogP contribution is -2.32. The zero-order valence-electron chi connectivity index (χ0n) is 24.1. The number of rotatable bonds is 9. The molecule has 0 radical (unpaired) electrons. The minimum atomic E-state index is -0.501. The fraction of sp³-hybridized carbons (Fsp3) is 0.324. The summed E-state index contributed by atoms with van der Waals surface area (Å²) in [5, 5.41) is 8.87. The number of ether oxygens (including phenoxy) is 2. The lowest BCUT2D eigenvalue weighted by Gasteiger charge is -2.30. The minimum Gasteiger partial charge on any atom is -0.489 e. The molecule has 1 N–H and O–H groups in total. The number of carbonyl (C=O) groups is 1. The summed E-state index contributed by atoms with van der Waals surface area (Å²) in [6, 6.07) is 26.0. The van der Waals surface area contributed by atoms with Gasteiger partial charge in [0.1, 0.15) is 24.5 Å². The van der Waals surface area contributed by atoms with Gasteiger partial charge in [0.25, 0.3) is 0 Å². The van der Waals surface area contributed by atoms with Crippen LogP contribution in [0.4, 0.5) is 5.95 Å². The summed E-state index contributed by atoms with van der Waals surface area (Å²) in [5.41, 5.74) is 5.67. The summed E-state index contributed by atoms with van der Waals surface area (Å²) in [5.74, 6) is 1.78. The Kier molecular flexibility index (Phi) is 8.60. The third-order valence-corrected chi connectivity index (χ3v) is 8.70. The minimum absolute atomic E-state index is 0.0505. The highest BCUT2D eigenvalue weighted by Crippen LogP contribution is 2.38. The Morgan fingerprint density at radius 2 is 1.74 bits per heavy atom. The van der Waals surface area contributed by atoms with Crippen molar-refractivity contribution in [3.8, 4) is 5.75 Å². The van der Waals surface area contributed by atoms with E-state index in [1.165, 1.54) is 17.5 Å². The fourth-order valence-corrected chi connectivity index (χ4v) is 6.30. The molecule has 0 bridgehead atoms. The van der Waals surface area contributed by atoms with E-state index in [1.807, 2.05) is 54.1 Å². The van der Waals surface area contributed by atoms with E-state index in [-0.39, 0.29) is 12.1 Å². The Morgan fingerprint density at radius 1 is 0.952 bits per heavy atom. The van der Waals surface area contributed by atoms with E-state index in [0.29, 0.717) is 23.3 Å². The number of hydrogen-bond donors (Lipinski definition) is 1. The molecule has 42 heavy (non-hydrogen) atoms. The maximum Gasteiger partial charge on any atom is 0.338 e. The largest absolute Gasteiger partial charge is 0.489 e. The molecule has 1 saturated carbocycles. The molecule has 2 aliphatic rings. The first kappa shape index (κ1) is 28.1. The molecule has 1 aromatic heterocycles. The molecular formula is C34H36N4O3S. The van der Waals surface area contributed by atoms with Crippen molar-refractivity contribution in [2.75, 3.05) is 5.32 Å². The van der Waals surface area contributed by atoms with E-state index >= 15 is 0 Å². The van der Waals surface area contributed by atoms with Gasteiger partial charge in [0.2, 0.25) is 11.1 Å². The van der Waals surface area contributed by atoms with E-state index in [1.54, 1.807) is 11.8 Å². The first-order valence-electron chi connectivity index (χ1n) is 14.6. The van der Waals surface area contributed by atoms with Crippen LogP contribution in [0.5, 0.6) is 5.75 Å². The Hall–Kier alpha value is -4.04. The highest BCUT2D eigenvalue weighted by atomic mass is 32.2. The van der Waals surface area contributed by atoms with Crippen molar-refractivity contribution in [2.24, 2.45) is 0 Å². The number of thioether (sulfide) groups is 1. The summed E-state index contributed by atoms with van der Waals surface area (Å²) >= 11 is 1.57. The van der Waals surface area contributed by atoms with Gasteiger partial charge < -0.3 is 14.8 Å². The zero-order chi connectivity index (χ0) is 28.9. The molecule has 4 aromatic rings. The summed E-state index contributed by atoms with van der Waals surface area (Å²) in [6.45, 7) is 4.44. The molecule has 6 rings (SSSR count). The van der Waals surface area contributed by atoms with E-state index in [9.17, 15) is 4.79 Å². The number of allylic oxidation sites excluding steroid dienone is 1. The predicted molar refractivity (Wildman–Crippen MR) is 165 cm³/mol. The van der Waals surface area contributed by atoms with Crippen molar-refractivity contribution in [1.82, 2.24) is 14.8 Å². The van der Waals surface area contributed by atoms with E-state index < -0.39 is 6.04 Å². The van der Waals surface area contributed by atoms with Gasteiger partial charge in [-0.3, -0.25) is 0 Å². The topological polar surface area (TPSA) is 78.3 Å². The fourth-order valence-electron chi connectivity index (χ4n) is 5.51. The van der Waals surface area contributed by atoms with Gasteiger partial charge in [-0.25, -0.2) is 9.48 Å². The van der Waals surface area contributed by atoms with Crippen LogP contribution in [0.1, 0.15) is 67.3 Å². The summed E-state index contributed by atoms with van der Waals surface area (Å²) < 4.78 is 14.1. The number of nitrogens with zero attached hydrogens (tertiary/aromatic N) is 3. The molecule has 1 unspecified atom stereocenters. The summed E-state index contributed by atoms with van der Waals surface area (Å²) in [6.07, 6.45) is 5.15. The second kappa shape index (κ2) is 12.9. The quantitative estimate of drug-likeness (QED) is 0.161. The standard InChI is InChI=1S/C34H36N4O3S/c1-23-16-18-25(19-17-23)21-40-29-15-9-12-27(20-29)31-30(32(39)41-28-13-7-4-8-14-28)24(2)35-33-36-34(37-38(31)33)42-22-26-10-5-3-6-11-26/h3,5-6,9-12,15-20,28,31H,4,7-8,13-14,21-22H2,1-2H3,(H,35,36,37). The molecule has 0 amide bonds. The molecule has 2 heterocycles. The number of nitrogens with one attached hydrogen (secondary N) is 1. The van der Waals surface area contributed by atoms with Crippen molar-refractivity contribution >= 4 is 23.7 Å². The van der Waals surface area contributed by atoms with Gasteiger partial charge in [-0.2, -0.15) is 4.98 Å². The molecule has 7 nitrogen and oxygen atoms in total. The Morgan fingerprint density at radius 3 is 2.52 bits per heavy atom. The van der Waals surface area contributed by atoms with Gasteiger partial charge in [0, 0.05) is 11.4 Å². The number of fused-ring (bicyclic) bond motifs is 1. The van der Waals surface area contributed by atoms with Crippen LogP contribution >= 0.6 is 11.8 Å². The van der Waals surface area contributed by atoms with Crippen LogP contribution < -0.4 is 10.1 Å². The molecule has 1 fully saturated rings. The third kappa shape index (κ3) is 6.54. The predicted octanol–water partition coefficient (Wildman–Crippen LogP) is 7.62. The van der Waals surface area contributed by atoms with Crippen molar-refractivity contribution in [2.45, 2.75) is 75.6 Å². The van der Waals surface area contributed by atoms with Crippen LogP contribution in [-0.4, -0.2) is 26.8 Å². The lowest BCUT2D eigenvalue weighted by molar-refractivity contribution is -0.146. The van der Waals surface area contributed by atoms with Crippen molar-refractivity contribution in [3.05, 3.63) is 112 Å². The number of carbonyl (C=O) groups excluding carboxylic acids is 1. The maximum absolute atomic E-state index is 13.8. The zero-order valence-corrected chi connectivity index (χ0v) is 24.9. The molecule has 8 heteroatoms. The third-order valence-electron chi connectivity index (χ3n) is 7.79. The first-order chi connectivity index (χ1) is 20.5. The molecule has 3 aromatic carbocycles. The number of benzene rings is 3. The molecular weight excluding hydrogens is 544 g/mol. The average molecular weight is 581 g/mol. The van der Waals surface area contributed by atoms with Gasteiger partial charge in [-0.05, 0) is 68.4 Å². The molecule has 0 spiro atoms. The van der Waals surface area contributed by atoms with Crippen molar-refractivity contribution in [3.63, 3.8) is 0 Å². The monoisotopic (exact) mass is 580 g/mol. The SMILES string of the molecule is CC1=C(C(=O)OC2CCCCC2)C(c2cccc(OCc3ccc(C)cc3)c2)n2nc(SCc3ccccc3)nc2N1. The second-order valence-electron chi connectivity index (χ2n) is 11.0. The van der Waals surface area contributed by atoms with E-state index in [2.05, 4.69) is 48.6 Å². The van der Waals surface area contributed by atoms with Crippen LogP contribution in [0.15, 0.2) is 95.3 Å². The smallest absolute Gasteiger partial charge is 0.338 e. The van der Waals surface area contributed by atoms with Gasteiger partial charge in [0.05, 0.1) is 5.57 Å². The number of aromatic nitrogens is 3. The van der Waals surface area contributed by atoms with Crippen molar-refractivity contribution < 1.29 is 14.3 Å². The number of esters is 1. The number of aryl methyl sites for hydroxylation is 1. The highest BCUT2D eigenvalue weighted by molar-refractivity contribution is 7.98. The highest BCUT2D eigenvalue weighted by Gasteiger charge is 2.36. The lowest BCUT2D eigenvalue weighted by atomic mass is 9.94.